The molecule has 0 spiro atoms. The van der Waals surface area contributed by atoms with Crippen LogP contribution in [0.25, 0.3) is 5.69 Å². The van der Waals surface area contributed by atoms with Crippen molar-refractivity contribution in [1.29, 1.82) is 0 Å². The Morgan fingerprint density at radius 2 is 2.14 bits per heavy atom. The van der Waals surface area contributed by atoms with Gasteiger partial charge in [-0.3, -0.25) is 4.79 Å². The van der Waals surface area contributed by atoms with Crippen molar-refractivity contribution in [3.63, 3.8) is 0 Å². The third-order valence-corrected chi connectivity index (χ3v) is 2.62. The van der Waals surface area contributed by atoms with Gasteiger partial charge in [-0.15, -0.1) is 5.10 Å². The summed E-state index contributed by atoms with van der Waals surface area (Å²) in [7, 11) is 0. The van der Waals surface area contributed by atoms with E-state index < -0.39 is 18.6 Å². The lowest BCUT2D eigenvalue weighted by Crippen LogP contribution is -2.32. The molecule has 112 valence electrons. The van der Waals surface area contributed by atoms with Crippen molar-refractivity contribution < 1.29 is 23.4 Å². The van der Waals surface area contributed by atoms with Crippen LogP contribution < -0.4 is 10.5 Å². The van der Waals surface area contributed by atoms with Gasteiger partial charge >= 0.3 is 12.6 Å². The number of nitrogens with zero attached hydrogens (tertiary/aromatic N) is 3. The second-order valence-corrected chi connectivity index (χ2v) is 4.15. The molecular weight excluding hydrogens is 286 g/mol. The zero-order chi connectivity index (χ0) is 15.4. The molecule has 7 nitrogen and oxygen atoms in total. The summed E-state index contributed by atoms with van der Waals surface area (Å²) in [5, 5.41) is 16.2. The van der Waals surface area contributed by atoms with Gasteiger partial charge in [-0.25, -0.2) is 4.68 Å². The fraction of sp³-hybridized carbons (Fsp3) is 0.250. The molecule has 2 aromatic rings. The first-order valence-corrected chi connectivity index (χ1v) is 5.91. The van der Waals surface area contributed by atoms with Gasteiger partial charge in [-0.05, 0) is 12.1 Å². The Balaban J connectivity index is 2.23. The Hall–Kier alpha value is -2.55. The van der Waals surface area contributed by atoms with E-state index >= 15 is 0 Å². The van der Waals surface area contributed by atoms with Crippen LogP contribution in [-0.4, -0.2) is 38.7 Å². The smallest absolute Gasteiger partial charge is 0.387 e. The van der Waals surface area contributed by atoms with E-state index in [1.54, 1.807) is 12.1 Å². The third kappa shape index (κ3) is 3.72. The summed E-state index contributed by atoms with van der Waals surface area (Å²) in [5.74, 6) is -1.22. The Bertz CT molecular complexity index is 632. The molecule has 0 fully saturated rings. The first-order valence-electron chi connectivity index (χ1n) is 5.91. The van der Waals surface area contributed by atoms with E-state index in [1.807, 2.05) is 0 Å². The summed E-state index contributed by atoms with van der Waals surface area (Å²) in [5.41, 5.74) is 5.99. The summed E-state index contributed by atoms with van der Waals surface area (Å²) in [6, 6.07) is 4.94. The monoisotopic (exact) mass is 298 g/mol. The van der Waals surface area contributed by atoms with Gasteiger partial charge in [0.05, 0.1) is 11.9 Å². The average molecular weight is 298 g/mol. The van der Waals surface area contributed by atoms with Crippen LogP contribution in [-0.2, 0) is 11.2 Å². The topological polar surface area (TPSA) is 103 Å². The molecule has 0 aliphatic carbocycles. The summed E-state index contributed by atoms with van der Waals surface area (Å²) in [6.07, 6.45) is 1.39. The molecule has 0 amide bonds. The molecule has 1 unspecified atom stereocenters. The molecule has 9 heteroatoms. The summed E-state index contributed by atoms with van der Waals surface area (Å²) in [4.78, 5) is 10.7. The Morgan fingerprint density at radius 1 is 1.43 bits per heavy atom. The second kappa shape index (κ2) is 6.27. The highest BCUT2D eigenvalue weighted by Gasteiger charge is 2.16. The van der Waals surface area contributed by atoms with Gasteiger partial charge in [-0.2, -0.15) is 8.78 Å². The predicted octanol–water partition coefficient (Wildman–Crippen LogP) is 0.823. The molecule has 1 aromatic carbocycles. The van der Waals surface area contributed by atoms with Crippen LogP contribution in [0.2, 0.25) is 0 Å². The van der Waals surface area contributed by atoms with Crippen LogP contribution >= 0.6 is 0 Å². The standard InChI is InChI=1S/C12H12F2N4O3/c13-12(14)21-10-4-2-1-3-9(10)18-6-7(16-17-18)5-8(15)11(19)20/h1-4,6,8,12H,5,15H2,(H,19,20). The highest BCUT2D eigenvalue weighted by molar-refractivity contribution is 5.73. The molecule has 0 aliphatic rings. The Morgan fingerprint density at radius 3 is 2.81 bits per heavy atom. The maximum absolute atomic E-state index is 12.3. The minimum absolute atomic E-state index is 0.0206. The summed E-state index contributed by atoms with van der Waals surface area (Å²) < 4.78 is 30.3. The Kier molecular flexibility index (Phi) is 4.43. The fourth-order valence-electron chi connectivity index (χ4n) is 1.66. The number of benzene rings is 1. The van der Waals surface area contributed by atoms with Crippen LogP contribution in [0.3, 0.4) is 0 Å². The van der Waals surface area contributed by atoms with Gasteiger partial charge in [0.2, 0.25) is 0 Å². The van der Waals surface area contributed by atoms with Crippen molar-refractivity contribution in [3.05, 3.63) is 36.2 Å². The Labute approximate surface area is 117 Å². The third-order valence-electron chi connectivity index (χ3n) is 2.62. The van der Waals surface area contributed by atoms with Crippen molar-refractivity contribution in [3.8, 4) is 11.4 Å². The van der Waals surface area contributed by atoms with Gasteiger partial charge in [0.15, 0.2) is 5.75 Å². The zero-order valence-electron chi connectivity index (χ0n) is 10.7. The lowest BCUT2D eigenvalue weighted by atomic mass is 10.2. The van der Waals surface area contributed by atoms with Crippen molar-refractivity contribution in [2.45, 2.75) is 19.1 Å². The number of aliphatic carboxylic acids is 1. The number of halogens is 2. The summed E-state index contributed by atoms with van der Waals surface area (Å²) in [6.45, 7) is -2.96. The molecule has 21 heavy (non-hydrogen) atoms. The van der Waals surface area contributed by atoms with Gasteiger partial charge < -0.3 is 15.6 Å². The van der Waals surface area contributed by atoms with Crippen LogP contribution in [0.15, 0.2) is 30.5 Å². The summed E-state index contributed by atoms with van der Waals surface area (Å²) >= 11 is 0. The van der Waals surface area contributed by atoms with E-state index in [-0.39, 0.29) is 17.9 Å². The largest absolute Gasteiger partial charge is 0.480 e. The SMILES string of the molecule is NC(Cc1cn(-c2ccccc2OC(F)F)nn1)C(=O)O. The van der Waals surface area contributed by atoms with Crippen LogP contribution in [0.4, 0.5) is 8.78 Å². The number of rotatable bonds is 6. The first-order chi connectivity index (χ1) is 9.97. The molecule has 1 aromatic heterocycles. The predicted molar refractivity (Wildman–Crippen MR) is 67.3 cm³/mol. The van der Waals surface area contributed by atoms with Crippen molar-refractivity contribution in [1.82, 2.24) is 15.0 Å². The van der Waals surface area contributed by atoms with Crippen molar-refractivity contribution in [2.75, 3.05) is 0 Å². The molecule has 1 heterocycles. The van der Waals surface area contributed by atoms with Gasteiger partial charge in [0.1, 0.15) is 11.7 Å². The van der Waals surface area contributed by atoms with E-state index in [2.05, 4.69) is 15.0 Å². The van der Waals surface area contributed by atoms with Gasteiger partial charge in [-0.1, -0.05) is 17.3 Å². The van der Waals surface area contributed by atoms with Gasteiger partial charge in [0.25, 0.3) is 0 Å². The first kappa shape index (κ1) is 14.9. The molecule has 2 rings (SSSR count). The molecule has 0 aliphatic heterocycles. The minimum atomic E-state index is -2.96. The number of carbonyl (C=O) groups is 1. The molecule has 0 bridgehead atoms. The lowest BCUT2D eigenvalue weighted by Gasteiger charge is -2.09. The quantitative estimate of drug-likeness (QED) is 0.818. The van der Waals surface area contributed by atoms with Crippen LogP contribution in [0.1, 0.15) is 5.69 Å². The van der Waals surface area contributed by atoms with Crippen LogP contribution in [0, 0.1) is 0 Å². The van der Waals surface area contributed by atoms with Crippen molar-refractivity contribution >= 4 is 5.97 Å². The fourth-order valence-corrected chi connectivity index (χ4v) is 1.66. The van der Waals surface area contributed by atoms with E-state index in [0.717, 1.165) is 0 Å². The van der Waals surface area contributed by atoms with Crippen LogP contribution in [0.5, 0.6) is 5.75 Å². The van der Waals surface area contributed by atoms with E-state index in [9.17, 15) is 13.6 Å². The number of carboxylic acids is 1. The number of hydrogen-bond acceptors (Lipinski definition) is 5. The average Bonchev–Trinajstić information content (AvgIpc) is 2.87. The zero-order valence-corrected chi connectivity index (χ0v) is 10.7. The minimum Gasteiger partial charge on any atom is -0.480 e. The molecule has 1 atom stereocenters. The number of aromatic nitrogens is 3. The maximum Gasteiger partial charge on any atom is 0.387 e. The lowest BCUT2D eigenvalue weighted by molar-refractivity contribution is -0.138. The second-order valence-electron chi connectivity index (χ2n) is 4.15. The van der Waals surface area contributed by atoms with E-state index in [4.69, 9.17) is 10.8 Å². The molecule has 0 radical (unpaired) electrons. The normalized spacial score (nSPS) is 12.4. The van der Waals surface area contributed by atoms with E-state index in [1.165, 1.54) is 23.0 Å². The molecular formula is C12H12F2N4O3. The highest BCUT2D eigenvalue weighted by Crippen LogP contribution is 2.23. The van der Waals surface area contributed by atoms with E-state index in [0.29, 0.717) is 5.69 Å². The van der Waals surface area contributed by atoms with Gasteiger partial charge in [0, 0.05) is 6.42 Å². The maximum atomic E-state index is 12.3. The number of alkyl halides is 2. The van der Waals surface area contributed by atoms with Crippen molar-refractivity contribution in [2.24, 2.45) is 5.73 Å². The number of hydrogen-bond donors (Lipinski definition) is 2. The number of nitrogens with two attached hydrogens (primary N) is 1. The molecule has 3 N–H and O–H groups in total. The highest BCUT2D eigenvalue weighted by atomic mass is 19.3. The number of ether oxygens (including phenoxy) is 1. The molecule has 0 saturated heterocycles. The number of para-hydroxylation sites is 2. The molecule has 0 saturated carbocycles. The number of carboxylic acid groups (broad SMARTS) is 1.